The molecule has 4 heterocycles. The number of anilines is 2. The summed E-state index contributed by atoms with van der Waals surface area (Å²) in [7, 11) is 0. The first kappa shape index (κ1) is 22.6. The third kappa shape index (κ3) is 4.87. The second kappa shape index (κ2) is 9.97. The van der Waals surface area contributed by atoms with E-state index in [-0.39, 0.29) is 5.92 Å². The summed E-state index contributed by atoms with van der Waals surface area (Å²) in [5.41, 5.74) is 2.35. The summed E-state index contributed by atoms with van der Waals surface area (Å²) >= 11 is 0. The molecule has 0 aromatic carbocycles. The molecule has 2 fully saturated rings. The Morgan fingerprint density at radius 1 is 1.15 bits per heavy atom. The van der Waals surface area contributed by atoms with Crippen LogP contribution in [0.25, 0.3) is 0 Å². The zero-order chi connectivity index (χ0) is 22.8. The fourth-order valence-corrected chi connectivity index (χ4v) is 5.91. The Bertz CT molecular complexity index is 931. The number of aryl methyl sites for hydroxylation is 1. The van der Waals surface area contributed by atoms with Gasteiger partial charge in [-0.2, -0.15) is 0 Å². The number of aromatic nitrogens is 4. The Kier molecular flexibility index (Phi) is 6.83. The molecule has 180 valence electrons. The number of fused-ring (bicyclic) bond motifs is 1. The molecule has 2 aliphatic heterocycles. The predicted molar refractivity (Wildman–Crippen MR) is 131 cm³/mol. The second-order valence-corrected chi connectivity index (χ2v) is 10.1. The van der Waals surface area contributed by atoms with Crippen LogP contribution in [0.3, 0.4) is 0 Å². The van der Waals surface area contributed by atoms with Crippen LogP contribution in [-0.4, -0.2) is 56.5 Å². The van der Waals surface area contributed by atoms with Crippen LogP contribution in [0.15, 0.2) is 12.5 Å². The van der Waals surface area contributed by atoms with Gasteiger partial charge in [-0.25, -0.2) is 15.0 Å². The monoisotopic (exact) mass is 453 g/mol. The van der Waals surface area contributed by atoms with Gasteiger partial charge in [0.25, 0.3) is 0 Å². The molecule has 33 heavy (non-hydrogen) atoms. The van der Waals surface area contributed by atoms with Crippen LogP contribution in [0.5, 0.6) is 0 Å². The molecule has 8 nitrogen and oxygen atoms in total. The minimum Gasteiger partial charge on any atom is -0.374 e. The van der Waals surface area contributed by atoms with E-state index >= 15 is 0 Å². The SMILES string of the molecule is CCc1cn(CCNC2CCCC2)c(C2CCN(c3ncnc4c3C(C)CC(O)N4)CC2)n1. The Labute approximate surface area is 197 Å². The number of hydrogen-bond acceptors (Lipinski definition) is 7. The van der Waals surface area contributed by atoms with Gasteiger partial charge in [0.05, 0.1) is 5.69 Å². The van der Waals surface area contributed by atoms with Crippen molar-refractivity contribution in [1.82, 2.24) is 24.8 Å². The van der Waals surface area contributed by atoms with Crippen molar-refractivity contribution >= 4 is 11.6 Å². The van der Waals surface area contributed by atoms with Gasteiger partial charge in [-0.3, -0.25) is 0 Å². The van der Waals surface area contributed by atoms with E-state index < -0.39 is 6.23 Å². The maximum atomic E-state index is 10.1. The normalized spacial score (nSPS) is 24.2. The van der Waals surface area contributed by atoms with Crippen molar-refractivity contribution in [2.24, 2.45) is 0 Å². The smallest absolute Gasteiger partial charge is 0.137 e. The number of rotatable bonds is 7. The largest absolute Gasteiger partial charge is 0.374 e. The Morgan fingerprint density at radius 2 is 1.94 bits per heavy atom. The van der Waals surface area contributed by atoms with Crippen molar-refractivity contribution in [3.05, 3.63) is 29.6 Å². The maximum absolute atomic E-state index is 10.1. The van der Waals surface area contributed by atoms with E-state index in [0.717, 1.165) is 62.6 Å². The topological polar surface area (TPSA) is 91.1 Å². The minimum absolute atomic E-state index is 0.239. The number of imidazole rings is 1. The van der Waals surface area contributed by atoms with Crippen LogP contribution in [-0.2, 0) is 13.0 Å². The van der Waals surface area contributed by atoms with Crippen molar-refractivity contribution in [2.45, 2.75) is 95.9 Å². The van der Waals surface area contributed by atoms with E-state index in [4.69, 9.17) is 4.98 Å². The first-order valence-corrected chi connectivity index (χ1v) is 13.0. The van der Waals surface area contributed by atoms with E-state index in [0.29, 0.717) is 18.4 Å². The Balaban J connectivity index is 1.25. The van der Waals surface area contributed by atoms with E-state index in [9.17, 15) is 5.11 Å². The third-order valence-electron chi connectivity index (χ3n) is 7.76. The minimum atomic E-state index is -0.532. The van der Waals surface area contributed by atoms with Gasteiger partial charge in [0.1, 0.15) is 30.0 Å². The van der Waals surface area contributed by atoms with Gasteiger partial charge >= 0.3 is 0 Å². The fraction of sp³-hybridized carbons (Fsp3) is 0.720. The summed E-state index contributed by atoms with van der Waals surface area (Å²) in [6, 6.07) is 0.711. The lowest BCUT2D eigenvalue weighted by Crippen LogP contribution is -2.37. The number of nitrogens with one attached hydrogen (secondary N) is 2. The summed E-state index contributed by atoms with van der Waals surface area (Å²) in [4.78, 5) is 16.5. The number of aliphatic hydroxyl groups is 1. The van der Waals surface area contributed by atoms with E-state index in [2.05, 4.69) is 50.1 Å². The molecule has 0 radical (unpaired) electrons. The molecule has 0 spiro atoms. The summed E-state index contributed by atoms with van der Waals surface area (Å²) in [6.45, 7) is 8.32. The first-order valence-electron chi connectivity index (χ1n) is 13.0. The van der Waals surface area contributed by atoms with Crippen LogP contribution >= 0.6 is 0 Å². The first-order chi connectivity index (χ1) is 16.1. The lowest BCUT2D eigenvalue weighted by atomic mass is 9.92. The van der Waals surface area contributed by atoms with Crippen molar-refractivity contribution in [3.8, 4) is 0 Å². The van der Waals surface area contributed by atoms with Crippen LogP contribution in [0.1, 0.15) is 87.7 Å². The number of nitrogens with zero attached hydrogens (tertiary/aromatic N) is 5. The highest BCUT2D eigenvalue weighted by molar-refractivity contribution is 5.62. The molecule has 3 aliphatic rings. The van der Waals surface area contributed by atoms with E-state index in [1.807, 2.05) is 0 Å². The van der Waals surface area contributed by atoms with Gasteiger partial charge < -0.3 is 25.2 Å². The number of piperidine rings is 1. The molecule has 1 aliphatic carbocycles. The molecule has 2 atom stereocenters. The average Bonchev–Trinajstić information content (AvgIpc) is 3.49. The molecule has 1 saturated heterocycles. The Morgan fingerprint density at radius 3 is 2.70 bits per heavy atom. The maximum Gasteiger partial charge on any atom is 0.137 e. The highest BCUT2D eigenvalue weighted by atomic mass is 16.3. The van der Waals surface area contributed by atoms with Gasteiger partial charge in [0.15, 0.2) is 0 Å². The molecular weight excluding hydrogens is 414 g/mol. The van der Waals surface area contributed by atoms with Crippen LogP contribution in [0.4, 0.5) is 11.6 Å². The molecular formula is C25H39N7O. The lowest BCUT2D eigenvalue weighted by molar-refractivity contribution is 0.179. The van der Waals surface area contributed by atoms with Gasteiger partial charge in [-0.1, -0.05) is 26.7 Å². The molecule has 2 unspecified atom stereocenters. The number of aliphatic hydroxyl groups excluding tert-OH is 1. The zero-order valence-corrected chi connectivity index (χ0v) is 20.1. The molecule has 8 heteroatoms. The fourth-order valence-electron chi connectivity index (χ4n) is 5.91. The average molecular weight is 454 g/mol. The van der Waals surface area contributed by atoms with Crippen molar-refractivity contribution in [1.29, 1.82) is 0 Å². The van der Waals surface area contributed by atoms with Crippen molar-refractivity contribution in [3.63, 3.8) is 0 Å². The van der Waals surface area contributed by atoms with Crippen molar-refractivity contribution in [2.75, 3.05) is 29.9 Å². The predicted octanol–water partition coefficient (Wildman–Crippen LogP) is 3.39. The summed E-state index contributed by atoms with van der Waals surface area (Å²) in [5.74, 6) is 3.81. The molecule has 5 rings (SSSR count). The van der Waals surface area contributed by atoms with Gasteiger partial charge in [-0.05, 0) is 44.4 Å². The zero-order valence-electron chi connectivity index (χ0n) is 20.1. The molecule has 0 amide bonds. The van der Waals surface area contributed by atoms with Gasteiger partial charge in [0, 0.05) is 49.9 Å². The lowest BCUT2D eigenvalue weighted by Gasteiger charge is -2.36. The number of hydrogen-bond donors (Lipinski definition) is 3. The van der Waals surface area contributed by atoms with Gasteiger partial charge in [-0.15, -0.1) is 0 Å². The standard InChI is InChI=1S/C25H39N7O/c1-3-19-15-32(13-10-26-20-6-4-5-7-20)24(29-19)18-8-11-31(12-9-18)25-22-17(2)14-21(33)30-23(22)27-16-28-25/h15-18,20-21,26,33H,3-14H2,1-2H3,(H,27,28,30). The molecule has 1 saturated carbocycles. The van der Waals surface area contributed by atoms with Crippen LogP contribution < -0.4 is 15.5 Å². The summed E-state index contributed by atoms with van der Waals surface area (Å²) in [6.07, 6.45) is 12.6. The molecule has 0 bridgehead atoms. The molecule has 2 aromatic rings. The summed E-state index contributed by atoms with van der Waals surface area (Å²) < 4.78 is 2.42. The van der Waals surface area contributed by atoms with Crippen LogP contribution in [0, 0.1) is 0 Å². The van der Waals surface area contributed by atoms with Crippen molar-refractivity contribution < 1.29 is 5.11 Å². The molecule has 2 aromatic heterocycles. The Hall–Kier alpha value is -2.19. The van der Waals surface area contributed by atoms with E-state index in [1.54, 1.807) is 6.33 Å². The third-order valence-corrected chi connectivity index (χ3v) is 7.76. The summed E-state index contributed by atoms with van der Waals surface area (Å²) in [5, 5.41) is 16.9. The van der Waals surface area contributed by atoms with Gasteiger partial charge in [0.2, 0.25) is 0 Å². The van der Waals surface area contributed by atoms with E-state index in [1.165, 1.54) is 37.2 Å². The quantitative estimate of drug-likeness (QED) is 0.592. The van der Waals surface area contributed by atoms with Crippen LogP contribution in [0.2, 0.25) is 0 Å². The molecule has 3 N–H and O–H groups in total. The highest BCUT2D eigenvalue weighted by Crippen LogP contribution is 2.39. The second-order valence-electron chi connectivity index (χ2n) is 10.1. The highest BCUT2D eigenvalue weighted by Gasteiger charge is 2.31.